The first-order chi connectivity index (χ1) is 7.31. The summed E-state index contributed by atoms with van der Waals surface area (Å²) in [5.41, 5.74) is 0.623. The van der Waals surface area contributed by atoms with Crippen LogP contribution in [-0.4, -0.2) is 32.9 Å². The molecule has 0 radical (unpaired) electrons. The van der Waals surface area contributed by atoms with Gasteiger partial charge in [0.05, 0.1) is 18.4 Å². The Hall–Kier alpha value is -2.18. The third kappa shape index (κ3) is 1.85. The zero-order valence-electron chi connectivity index (χ0n) is 7.93. The van der Waals surface area contributed by atoms with Gasteiger partial charge in [-0.25, -0.2) is 4.79 Å². The quantitative estimate of drug-likeness (QED) is 0.743. The summed E-state index contributed by atoms with van der Waals surface area (Å²) in [7, 11) is 0. The van der Waals surface area contributed by atoms with Crippen LogP contribution in [0.15, 0.2) is 16.9 Å². The summed E-state index contributed by atoms with van der Waals surface area (Å²) in [6, 6.07) is 0. The van der Waals surface area contributed by atoms with Crippen molar-refractivity contribution in [2.75, 3.05) is 6.61 Å². The molecular weight excluding hydrogens is 200 g/mol. The molecule has 0 aliphatic carbocycles. The molecule has 0 amide bonds. The standard InChI is InChI=1S/C8H8N4O3/c1-2-14-8(13)6-11-7(15-12-6)5-3-9-10-4-5/h3-4H,2H2,1H3,(H,9,10). The molecular formula is C8H8N4O3. The van der Waals surface area contributed by atoms with Gasteiger partial charge in [-0.15, -0.1) is 0 Å². The SMILES string of the molecule is CCOC(=O)c1noc(-c2cn[nH]c2)n1. The van der Waals surface area contributed by atoms with E-state index in [2.05, 4.69) is 20.3 Å². The van der Waals surface area contributed by atoms with E-state index in [1.54, 1.807) is 13.1 Å². The number of hydrogen-bond donors (Lipinski definition) is 1. The van der Waals surface area contributed by atoms with Crippen molar-refractivity contribution < 1.29 is 14.1 Å². The maximum absolute atomic E-state index is 11.2. The van der Waals surface area contributed by atoms with Gasteiger partial charge in [0.1, 0.15) is 0 Å². The highest BCUT2D eigenvalue weighted by atomic mass is 16.5. The van der Waals surface area contributed by atoms with Gasteiger partial charge in [-0.05, 0) is 12.1 Å². The number of hydrogen-bond acceptors (Lipinski definition) is 6. The van der Waals surface area contributed by atoms with E-state index >= 15 is 0 Å². The van der Waals surface area contributed by atoms with Crippen molar-refractivity contribution in [1.82, 2.24) is 20.3 Å². The molecule has 7 heteroatoms. The van der Waals surface area contributed by atoms with Gasteiger partial charge in [0, 0.05) is 6.20 Å². The number of rotatable bonds is 3. The number of carbonyl (C=O) groups is 1. The van der Waals surface area contributed by atoms with Crippen LogP contribution in [0.5, 0.6) is 0 Å². The summed E-state index contributed by atoms with van der Waals surface area (Å²) >= 11 is 0. The van der Waals surface area contributed by atoms with E-state index in [0.29, 0.717) is 5.56 Å². The third-order valence-corrected chi connectivity index (χ3v) is 1.63. The summed E-state index contributed by atoms with van der Waals surface area (Å²) < 4.78 is 9.57. The number of nitrogens with zero attached hydrogens (tertiary/aromatic N) is 3. The molecule has 0 saturated carbocycles. The van der Waals surface area contributed by atoms with Crippen LogP contribution in [0, 0.1) is 0 Å². The minimum atomic E-state index is -0.601. The van der Waals surface area contributed by atoms with Crippen LogP contribution in [-0.2, 0) is 4.74 Å². The first-order valence-corrected chi connectivity index (χ1v) is 4.31. The monoisotopic (exact) mass is 208 g/mol. The van der Waals surface area contributed by atoms with Crippen LogP contribution in [0.1, 0.15) is 17.5 Å². The molecule has 1 N–H and O–H groups in total. The van der Waals surface area contributed by atoms with Gasteiger partial charge in [0.15, 0.2) is 0 Å². The highest BCUT2D eigenvalue weighted by Crippen LogP contribution is 2.14. The summed E-state index contributed by atoms with van der Waals surface area (Å²) in [4.78, 5) is 15.1. The van der Waals surface area contributed by atoms with E-state index < -0.39 is 5.97 Å². The van der Waals surface area contributed by atoms with Gasteiger partial charge in [-0.3, -0.25) is 5.10 Å². The lowest BCUT2D eigenvalue weighted by molar-refractivity contribution is 0.0508. The van der Waals surface area contributed by atoms with E-state index in [-0.39, 0.29) is 18.3 Å². The van der Waals surface area contributed by atoms with Crippen molar-refractivity contribution in [3.8, 4) is 11.5 Å². The number of aromatic amines is 1. The lowest BCUT2D eigenvalue weighted by atomic mass is 10.4. The van der Waals surface area contributed by atoms with Gasteiger partial charge in [0.25, 0.3) is 11.7 Å². The summed E-state index contributed by atoms with van der Waals surface area (Å²) in [6.07, 6.45) is 3.10. The number of nitrogens with one attached hydrogen (secondary N) is 1. The van der Waals surface area contributed by atoms with Gasteiger partial charge >= 0.3 is 5.97 Å². The van der Waals surface area contributed by atoms with Crippen molar-refractivity contribution >= 4 is 5.97 Å². The van der Waals surface area contributed by atoms with Crippen LogP contribution < -0.4 is 0 Å². The minimum absolute atomic E-state index is 0.0898. The maximum Gasteiger partial charge on any atom is 0.379 e. The fourth-order valence-electron chi connectivity index (χ4n) is 0.987. The number of aromatic nitrogens is 4. The molecule has 0 spiro atoms. The Morgan fingerprint density at radius 2 is 2.53 bits per heavy atom. The highest BCUT2D eigenvalue weighted by Gasteiger charge is 2.16. The fraction of sp³-hybridized carbons (Fsp3) is 0.250. The largest absolute Gasteiger partial charge is 0.460 e. The topological polar surface area (TPSA) is 93.9 Å². The molecule has 0 saturated heterocycles. The molecule has 78 valence electrons. The van der Waals surface area contributed by atoms with Crippen LogP contribution in [0.25, 0.3) is 11.5 Å². The normalized spacial score (nSPS) is 10.2. The number of ether oxygens (including phenoxy) is 1. The van der Waals surface area contributed by atoms with Crippen molar-refractivity contribution in [3.05, 3.63) is 18.2 Å². The second kappa shape index (κ2) is 3.91. The predicted octanol–water partition coefficient (Wildman–Crippen LogP) is 0.636. The summed E-state index contributed by atoms with van der Waals surface area (Å²) in [5.74, 6) is -0.462. The molecule has 0 atom stereocenters. The van der Waals surface area contributed by atoms with E-state index in [9.17, 15) is 4.79 Å². The Morgan fingerprint density at radius 1 is 1.67 bits per heavy atom. The molecule has 0 aromatic carbocycles. The molecule has 0 aliphatic rings. The lowest BCUT2D eigenvalue weighted by Crippen LogP contribution is -2.06. The van der Waals surface area contributed by atoms with Gasteiger partial charge in [-0.1, -0.05) is 0 Å². The smallest absolute Gasteiger partial charge is 0.379 e. The fourth-order valence-corrected chi connectivity index (χ4v) is 0.987. The van der Waals surface area contributed by atoms with Gasteiger partial charge in [-0.2, -0.15) is 10.1 Å². The zero-order valence-corrected chi connectivity index (χ0v) is 7.93. The molecule has 0 fully saturated rings. The van der Waals surface area contributed by atoms with E-state index in [0.717, 1.165) is 0 Å². The van der Waals surface area contributed by atoms with Gasteiger partial charge in [0.2, 0.25) is 0 Å². The Kier molecular flexibility index (Phi) is 2.44. The van der Waals surface area contributed by atoms with Crippen LogP contribution in [0.4, 0.5) is 0 Å². The second-order valence-electron chi connectivity index (χ2n) is 2.63. The molecule has 0 bridgehead atoms. The predicted molar refractivity (Wildman–Crippen MR) is 47.8 cm³/mol. The molecule has 15 heavy (non-hydrogen) atoms. The Morgan fingerprint density at radius 3 is 3.20 bits per heavy atom. The van der Waals surface area contributed by atoms with Crippen molar-refractivity contribution in [1.29, 1.82) is 0 Å². The minimum Gasteiger partial charge on any atom is -0.460 e. The van der Waals surface area contributed by atoms with Crippen LogP contribution in [0.3, 0.4) is 0 Å². The number of esters is 1. The first kappa shape index (κ1) is 9.38. The van der Waals surface area contributed by atoms with Crippen molar-refractivity contribution in [2.24, 2.45) is 0 Å². The molecule has 2 heterocycles. The Labute approximate surface area is 84.4 Å². The number of H-pyrrole nitrogens is 1. The summed E-state index contributed by atoms with van der Waals surface area (Å²) in [5, 5.41) is 9.81. The number of carbonyl (C=O) groups excluding carboxylic acids is 1. The third-order valence-electron chi connectivity index (χ3n) is 1.63. The molecule has 7 nitrogen and oxygen atoms in total. The Bertz CT molecular complexity index is 448. The highest BCUT2D eigenvalue weighted by molar-refractivity contribution is 5.85. The van der Waals surface area contributed by atoms with Crippen molar-refractivity contribution in [2.45, 2.75) is 6.92 Å². The zero-order chi connectivity index (χ0) is 10.7. The average Bonchev–Trinajstić information content (AvgIpc) is 2.89. The lowest BCUT2D eigenvalue weighted by Gasteiger charge is -1.93. The maximum atomic E-state index is 11.2. The first-order valence-electron chi connectivity index (χ1n) is 4.31. The molecule has 2 rings (SSSR count). The van der Waals surface area contributed by atoms with Crippen molar-refractivity contribution in [3.63, 3.8) is 0 Å². The van der Waals surface area contributed by atoms with E-state index in [1.807, 2.05) is 0 Å². The van der Waals surface area contributed by atoms with Crippen LogP contribution in [0.2, 0.25) is 0 Å². The molecule has 0 unspecified atom stereocenters. The van der Waals surface area contributed by atoms with Gasteiger partial charge < -0.3 is 9.26 Å². The second-order valence-corrected chi connectivity index (χ2v) is 2.63. The van der Waals surface area contributed by atoms with E-state index in [1.165, 1.54) is 6.20 Å². The van der Waals surface area contributed by atoms with Crippen LogP contribution >= 0.6 is 0 Å². The Balaban J connectivity index is 2.21. The molecule has 2 aromatic heterocycles. The average molecular weight is 208 g/mol. The molecule has 2 aromatic rings. The summed E-state index contributed by atoms with van der Waals surface area (Å²) in [6.45, 7) is 1.98. The molecule has 0 aliphatic heterocycles. The van der Waals surface area contributed by atoms with E-state index in [4.69, 9.17) is 9.26 Å².